The third kappa shape index (κ3) is 4.72. The molecule has 0 bridgehead atoms. The van der Waals surface area contributed by atoms with E-state index in [0.717, 1.165) is 34.6 Å². The summed E-state index contributed by atoms with van der Waals surface area (Å²) in [5, 5.41) is 2.95. The molecule has 4 heterocycles. The summed E-state index contributed by atoms with van der Waals surface area (Å²) >= 11 is 0. The molecular formula is C27H31F3N4O3. The summed E-state index contributed by atoms with van der Waals surface area (Å²) in [6, 6.07) is 5.20. The Bertz CT molecular complexity index is 1250. The highest BCUT2D eigenvalue weighted by atomic mass is 19.4. The smallest absolute Gasteiger partial charge is 0.384 e. The van der Waals surface area contributed by atoms with Gasteiger partial charge in [-0.05, 0) is 61.2 Å². The van der Waals surface area contributed by atoms with Gasteiger partial charge in [0.15, 0.2) is 0 Å². The van der Waals surface area contributed by atoms with Crippen LogP contribution in [0, 0.1) is 12.3 Å². The van der Waals surface area contributed by atoms with Gasteiger partial charge in [-0.15, -0.1) is 0 Å². The number of methoxy groups -OCH3 is 1. The van der Waals surface area contributed by atoms with Crippen molar-refractivity contribution in [2.45, 2.75) is 51.9 Å². The molecule has 2 atom stereocenters. The number of halogens is 3. The number of fused-ring (bicyclic) bond motifs is 2. The maximum atomic E-state index is 13.8. The minimum atomic E-state index is -4.48. The normalized spacial score (nSPS) is 23.7. The van der Waals surface area contributed by atoms with E-state index in [0.29, 0.717) is 50.3 Å². The zero-order chi connectivity index (χ0) is 26.5. The molecule has 0 saturated carbocycles. The molecule has 7 nitrogen and oxygen atoms in total. The third-order valence-corrected chi connectivity index (χ3v) is 7.98. The van der Waals surface area contributed by atoms with Crippen molar-refractivity contribution in [1.82, 2.24) is 14.8 Å². The Kier molecular flexibility index (Phi) is 6.52. The Balaban J connectivity index is 1.32. The van der Waals surface area contributed by atoms with Gasteiger partial charge >= 0.3 is 6.18 Å². The average molecular weight is 517 g/mol. The number of anilines is 1. The van der Waals surface area contributed by atoms with Crippen LogP contribution >= 0.6 is 0 Å². The molecule has 2 amide bonds. The first-order valence-electron chi connectivity index (χ1n) is 12.5. The number of amides is 2. The molecule has 3 aliphatic rings. The first-order valence-corrected chi connectivity index (χ1v) is 12.5. The van der Waals surface area contributed by atoms with Crippen LogP contribution in [0.25, 0.3) is 0 Å². The number of alkyl halides is 3. The van der Waals surface area contributed by atoms with Crippen LogP contribution in [0.15, 0.2) is 24.4 Å². The number of aryl methyl sites for hydroxylation is 1. The summed E-state index contributed by atoms with van der Waals surface area (Å²) < 4.78 is 45.2. The maximum absolute atomic E-state index is 13.8. The van der Waals surface area contributed by atoms with Gasteiger partial charge in [0, 0.05) is 57.3 Å². The molecule has 1 fully saturated rings. The topological polar surface area (TPSA) is 74.8 Å². The lowest BCUT2D eigenvalue weighted by Crippen LogP contribution is -2.49. The van der Waals surface area contributed by atoms with Crippen LogP contribution in [0.3, 0.4) is 0 Å². The quantitative estimate of drug-likeness (QED) is 0.653. The van der Waals surface area contributed by atoms with Gasteiger partial charge < -0.3 is 15.0 Å². The van der Waals surface area contributed by atoms with E-state index in [-0.39, 0.29) is 30.9 Å². The van der Waals surface area contributed by atoms with Crippen molar-refractivity contribution in [1.29, 1.82) is 0 Å². The fourth-order valence-corrected chi connectivity index (χ4v) is 5.85. The number of hydrogen-bond acceptors (Lipinski definition) is 5. The van der Waals surface area contributed by atoms with Crippen molar-refractivity contribution < 1.29 is 27.5 Å². The van der Waals surface area contributed by atoms with Gasteiger partial charge in [-0.1, -0.05) is 6.07 Å². The van der Waals surface area contributed by atoms with Gasteiger partial charge in [-0.25, -0.2) is 0 Å². The second kappa shape index (κ2) is 9.40. The Hall–Kier alpha value is -2.98. The van der Waals surface area contributed by atoms with Crippen molar-refractivity contribution >= 4 is 17.5 Å². The standard InChI is InChI=1S/C27H31F3N4O3/c1-16-8-21-17(2)24(35)32-23(21)10-18(16)12-33-7-5-26(14-33,15-37-3)25(36)34-6-4-22-19(13-34)9-20(11-31-22)27(28,29)30/h8-11,17H,4-7,12-15H2,1-3H3,(H,32,35). The Labute approximate surface area is 214 Å². The number of carbonyl (C=O) groups excluding carboxylic acids is 2. The van der Waals surface area contributed by atoms with Gasteiger partial charge in [0.2, 0.25) is 11.8 Å². The van der Waals surface area contributed by atoms with Gasteiger partial charge in [-0.3, -0.25) is 19.5 Å². The number of nitrogens with one attached hydrogen (secondary N) is 1. The summed E-state index contributed by atoms with van der Waals surface area (Å²) in [6.07, 6.45) is -2.59. The van der Waals surface area contributed by atoms with E-state index in [4.69, 9.17) is 4.74 Å². The van der Waals surface area contributed by atoms with Crippen LogP contribution in [0.5, 0.6) is 0 Å². The summed E-state index contributed by atoms with van der Waals surface area (Å²) in [4.78, 5) is 33.8. The van der Waals surface area contributed by atoms with Gasteiger partial charge in [0.25, 0.3) is 0 Å². The fourth-order valence-electron chi connectivity index (χ4n) is 5.85. The summed E-state index contributed by atoms with van der Waals surface area (Å²) in [7, 11) is 1.57. The van der Waals surface area contributed by atoms with Crippen molar-refractivity contribution in [3.63, 3.8) is 0 Å². The number of ether oxygens (including phenoxy) is 1. The molecule has 0 spiro atoms. The van der Waals surface area contributed by atoms with Crippen LogP contribution in [0.2, 0.25) is 0 Å². The molecule has 1 N–H and O–H groups in total. The molecular weight excluding hydrogens is 485 g/mol. The fraction of sp³-hybridized carbons (Fsp3) is 0.519. The van der Waals surface area contributed by atoms with Crippen molar-refractivity contribution in [3.8, 4) is 0 Å². The van der Waals surface area contributed by atoms with E-state index in [9.17, 15) is 22.8 Å². The largest absolute Gasteiger partial charge is 0.417 e. The Morgan fingerprint density at radius 3 is 2.78 bits per heavy atom. The number of benzene rings is 1. The summed E-state index contributed by atoms with van der Waals surface area (Å²) in [5.74, 6) is -0.261. The minimum Gasteiger partial charge on any atom is -0.384 e. The lowest BCUT2D eigenvalue weighted by molar-refractivity contribution is -0.145. The number of rotatable bonds is 5. The van der Waals surface area contributed by atoms with E-state index in [1.54, 1.807) is 12.0 Å². The van der Waals surface area contributed by atoms with Crippen molar-refractivity contribution in [2.75, 3.05) is 38.7 Å². The number of carbonyl (C=O) groups is 2. The Morgan fingerprint density at radius 1 is 1.27 bits per heavy atom. The van der Waals surface area contributed by atoms with E-state index in [2.05, 4.69) is 21.3 Å². The molecule has 5 rings (SSSR count). The van der Waals surface area contributed by atoms with Crippen LogP contribution < -0.4 is 5.32 Å². The summed E-state index contributed by atoms with van der Waals surface area (Å²) in [5.41, 5.74) is 3.52. The molecule has 0 radical (unpaired) electrons. The lowest BCUT2D eigenvalue weighted by atomic mass is 9.85. The second-order valence-corrected chi connectivity index (χ2v) is 10.6. The molecule has 2 aromatic rings. The number of likely N-dealkylation sites (tertiary alicyclic amines) is 1. The molecule has 37 heavy (non-hydrogen) atoms. The second-order valence-electron chi connectivity index (χ2n) is 10.6. The number of pyridine rings is 1. The SMILES string of the molecule is COCC1(C(=O)N2CCc3ncc(C(F)(F)F)cc3C2)CCN(Cc2cc3c(cc2C)C(C)C(=O)N3)C1. The Morgan fingerprint density at radius 2 is 2.05 bits per heavy atom. The highest BCUT2D eigenvalue weighted by Crippen LogP contribution is 2.38. The molecule has 1 aromatic heterocycles. The minimum absolute atomic E-state index is 0.00177. The van der Waals surface area contributed by atoms with E-state index in [1.807, 2.05) is 19.9 Å². The zero-order valence-corrected chi connectivity index (χ0v) is 21.2. The number of hydrogen-bond donors (Lipinski definition) is 1. The molecule has 10 heteroatoms. The molecule has 1 aromatic carbocycles. The van der Waals surface area contributed by atoms with Crippen LogP contribution in [-0.4, -0.2) is 59.9 Å². The van der Waals surface area contributed by atoms with Crippen LogP contribution in [0.4, 0.5) is 18.9 Å². The molecule has 1 saturated heterocycles. The molecule has 2 unspecified atom stereocenters. The molecule has 0 aliphatic carbocycles. The first kappa shape index (κ1) is 25.7. The maximum Gasteiger partial charge on any atom is 0.417 e. The van der Waals surface area contributed by atoms with Crippen LogP contribution in [-0.2, 0) is 40.0 Å². The van der Waals surface area contributed by atoms with Gasteiger partial charge in [0.1, 0.15) is 0 Å². The molecule has 198 valence electrons. The van der Waals surface area contributed by atoms with Gasteiger partial charge in [-0.2, -0.15) is 13.2 Å². The van der Waals surface area contributed by atoms with Crippen molar-refractivity contribution in [3.05, 3.63) is 57.9 Å². The van der Waals surface area contributed by atoms with Gasteiger partial charge in [0.05, 0.1) is 23.5 Å². The van der Waals surface area contributed by atoms with Crippen LogP contribution in [0.1, 0.15) is 52.8 Å². The van der Waals surface area contributed by atoms with E-state index < -0.39 is 17.2 Å². The predicted octanol–water partition coefficient (Wildman–Crippen LogP) is 3.89. The first-order chi connectivity index (χ1) is 17.5. The highest BCUT2D eigenvalue weighted by Gasteiger charge is 2.47. The predicted molar refractivity (Wildman–Crippen MR) is 131 cm³/mol. The van der Waals surface area contributed by atoms with E-state index in [1.165, 1.54) is 0 Å². The highest BCUT2D eigenvalue weighted by molar-refractivity contribution is 6.02. The number of nitrogens with zero attached hydrogens (tertiary/aromatic N) is 3. The summed E-state index contributed by atoms with van der Waals surface area (Å²) in [6.45, 7) is 6.50. The average Bonchev–Trinajstić information content (AvgIpc) is 3.38. The third-order valence-electron chi connectivity index (χ3n) is 7.98. The number of aromatic nitrogens is 1. The van der Waals surface area contributed by atoms with E-state index >= 15 is 0 Å². The zero-order valence-electron chi connectivity index (χ0n) is 21.2. The monoisotopic (exact) mass is 516 g/mol. The lowest BCUT2D eigenvalue weighted by Gasteiger charge is -2.36. The molecule has 3 aliphatic heterocycles. The van der Waals surface area contributed by atoms with Crippen molar-refractivity contribution in [2.24, 2.45) is 5.41 Å².